The number of carbonyl (C=O) groups is 1. The number of hydrogen-bond donors (Lipinski definition) is 1. The number of anilines is 1. The highest BCUT2D eigenvalue weighted by Gasteiger charge is 2.14. The van der Waals surface area contributed by atoms with Gasteiger partial charge in [0.05, 0.1) is 32.5 Å². The second-order valence-corrected chi connectivity index (χ2v) is 7.17. The first kappa shape index (κ1) is 19.7. The van der Waals surface area contributed by atoms with Crippen LogP contribution in [0.4, 0.5) is 5.13 Å². The van der Waals surface area contributed by atoms with Crippen LogP contribution in [0.2, 0.25) is 0 Å². The highest BCUT2D eigenvalue weighted by molar-refractivity contribution is 7.14. The molecule has 0 aliphatic carbocycles. The van der Waals surface area contributed by atoms with E-state index in [-0.39, 0.29) is 5.91 Å². The highest BCUT2D eigenvalue weighted by atomic mass is 32.1. The third kappa shape index (κ3) is 3.90. The summed E-state index contributed by atoms with van der Waals surface area (Å²) in [5.41, 5.74) is 2.54. The number of fused-ring (bicyclic) bond motifs is 1. The molecule has 30 heavy (non-hydrogen) atoms. The average molecular weight is 421 g/mol. The van der Waals surface area contributed by atoms with Gasteiger partial charge in [-0.1, -0.05) is 6.07 Å². The van der Waals surface area contributed by atoms with Gasteiger partial charge >= 0.3 is 0 Å². The zero-order valence-electron chi connectivity index (χ0n) is 16.6. The van der Waals surface area contributed by atoms with E-state index in [0.717, 1.165) is 16.7 Å². The number of nitrogens with zero attached hydrogens (tertiary/aromatic N) is 2. The van der Waals surface area contributed by atoms with Gasteiger partial charge in [0.25, 0.3) is 5.91 Å². The summed E-state index contributed by atoms with van der Waals surface area (Å²) in [5.74, 6) is 1.75. The van der Waals surface area contributed by atoms with Gasteiger partial charge in [-0.05, 0) is 36.4 Å². The molecule has 0 atom stereocenters. The van der Waals surface area contributed by atoms with Gasteiger partial charge in [-0.3, -0.25) is 10.1 Å². The van der Waals surface area contributed by atoms with Gasteiger partial charge in [0.1, 0.15) is 22.9 Å². The molecular formula is C22H19N3O4S. The van der Waals surface area contributed by atoms with Crippen molar-refractivity contribution in [3.8, 4) is 28.5 Å². The van der Waals surface area contributed by atoms with Crippen LogP contribution in [0.3, 0.4) is 0 Å². The molecule has 152 valence electrons. The van der Waals surface area contributed by atoms with Gasteiger partial charge < -0.3 is 14.2 Å². The van der Waals surface area contributed by atoms with Crippen LogP contribution >= 0.6 is 11.3 Å². The Kier molecular flexibility index (Phi) is 5.49. The third-order valence-electron chi connectivity index (χ3n) is 4.54. The zero-order chi connectivity index (χ0) is 21.1. The summed E-state index contributed by atoms with van der Waals surface area (Å²) in [4.78, 5) is 21.6. The lowest BCUT2D eigenvalue weighted by Crippen LogP contribution is -2.13. The second kappa shape index (κ2) is 8.38. The SMILES string of the molecule is COc1ccc(-c2csc(NC(=O)c3ccc4cc(OC)ccc4n3)n2)c(OC)c1. The molecule has 0 radical (unpaired) electrons. The molecule has 2 aromatic carbocycles. The number of rotatable bonds is 6. The second-order valence-electron chi connectivity index (χ2n) is 6.31. The first-order valence-electron chi connectivity index (χ1n) is 9.05. The fraction of sp³-hybridized carbons (Fsp3) is 0.136. The molecule has 1 N–H and O–H groups in total. The molecule has 0 fully saturated rings. The van der Waals surface area contributed by atoms with Crippen LogP contribution in [0.5, 0.6) is 17.2 Å². The van der Waals surface area contributed by atoms with E-state index in [9.17, 15) is 4.79 Å². The Morgan fingerprint density at radius 1 is 0.900 bits per heavy atom. The molecule has 8 heteroatoms. The zero-order valence-corrected chi connectivity index (χ0v) is 17.4. The van der Waals surface area contributed by atoms with E-state index in [1.165, 1.54) is 11.3 Å². The largest absolute Gasteiger partial charge is 0.497 e. The number of pyridine rings is 1. The summed E-state index contributed by atoms with van der Waals surface area (Å²) in [7, 11) is 4.80. The van der Waals surface area contributed by atoms with Crippen LogP contribution in [0.15, 0.2) is 53.9 Å². The van der Waals surface area contributed by atoms with Crippen molar-refractivity contribution in [2.24, 2.45) is 0 Å². The maximum absolute atomic E-state index is 12.7. The topological polar surface area (TPSA) is 82.6 Å². The van der Waals surface area contributed by atoms with Crippen molar-refractivity contribution in [3.63, 3.8) is 0 Å². The molecular weight excluding hydrogens is 402 g/mol. The Balaban J connectivity index is 1.55. The van der Waals surface area contributed by atoms with Crippen LogP contribution in [-0.2, 0) is 0 Å². The summed E-state index contributed by atoms with van der Waals surface area (Å²) in [6.45, 7) is 0. The monoisotopic (exact) mass is 421 g/mol. The van der Waals surface area contributed by atoms with Gasteiger partial charge in [0, 0.05) is 22.4 Å². The Morgan fingerprint density at radius 3 is 2.43 bits per heavy atom. The normalized spacial score (nSPS) is 10.6. The predicted octanol–water partition coefficient (Wildman–Crippen LogP) is 4.64. The van der Waals surface area contributed by atoms with Crippen molar-refractivity contribution in [1.29, 1.82) is 0 Å². The molecule has 2 aromatic heterocycles. The fourth-order valence-electron chi connectivity index (χ4n) is 2.98. The molecule has 0 spiro atoms. The molecule has 4 rings (SSSR count). The number of benzene rings is 2. The van der Waals surface area contributed by atoms with E-state index in [0.29, 0.717) is 33.5 Å². The van der Waals surface area contributed by atoms with Crippen molar-refractivity contribution < 1.29 is 19.0 Å². The summed E-state index contributed by atoms with van der Waals surface area (Å²) < 4.78 is 15.9. The van der Waals surface area contributed by atoms with Crippen LogP contribution in [-0.4, -0.2) is 37.2 Å². The molecule has 2 heterocycles. The minimum atomic E-state index is -0.324. The minimum Gasteiger partial charge on any atom is -0.497 e. The first-order chi connectivity index (χ1) is 14.6. The Hall–Kier alpha value is -3.65. The molecule has 0 unspecified atom stereocenters. The van der Waals surface area contributed by atoms with Gasteiger partial charge in [-0.2, -0.15) is 0 Å². The maximum atomic E-state index is 12.7. The van der Waals surface area contributed by atoms with E-state index in [2.05, 4.69) is 15.3 Å². The van der Waals surface area contributed by atoms with Gasteiger partial charge in [-0.25, -0.2) is 9.97 Å². The summed E-state index contributed by atoms with van der Waals surface area (Å²) in [6.07, 6.45) is 0. The Bertz CT molecular complexity index is 1220. The molecule has 1 amide bonds. The average Bonchev–Trinajstić information content (AvgIpc) is 3.25. The number of nitrogens with one attached hydrogen (secondary N) is 1. The smallest absolute Gasteiger partial charge is 0.276 e. The number of aromatic nitrogens is 2. The first-order valence-corrected chi connectivity index (χ1v) is 9.93. The third-order valence-corrected chi connectivity index (χ3v) is 5.30. The van der Waals surface area contributed by atoms with Gasteiger partial charge in [0.2, 0.25) is 0 Å². The Morgan fingerprint density at radius 2 is 1.67 bits per heavy atom. The summed E-state index contributed by atoms with van der Waals surface area (Å²) in [6, 6.07) is 14.5. The minimum absolute atomic E-state index is 0.312. The molecule has 0 saturated carbocycles. The number of hydrogen-bond acceptors (Lipinski definition) is 7. The molecule has 0 aliphatic heterocycles. The van der Waals surface area contributed by atoms with Crippen molar-refractivity contribution in [2.45, 2.75) is 0 Å². The standard InChI is InChI=1S/C22H19N3O4S/c1-27-14-6-9-17-13(10-14)4-8-18(23-17)21(26)25-22-24-19(12-30-22)16-7-5-15(28-2)11-20(16)29-3/h4-12H,1-3H3,(H,24,25,26). The predicted molar refractivity (Wildman–Crippen MR) is 117 cm³/mol. The lowest BCUT2D eigenvalue weighted by Gasteiger charge is -2.08. The molecule has 7 nitrogen and oxygen atoms in total. The number of ether oxygens (including phenoxy) is 3. The van der Waals surface area contributed by atoms with Gasteiger partial charge in [-0.15, -0.1) is 11.3 Å². The highest BCUT2D eigenvalue weighted by Crippen LogP contribution is 2.35. The maximum Gasteiger partial charge on any atom is 0.276 e. The van der Waals surface area contributed by atoms with E-state index < -0.39 is 0 Å². The Labute approximate surface area is 177 Å². The van der Waals surface area contributed by atoms with Crippen molar-refractivity contribution in [1.82, 2.24) is 9.97 Å². The van der Waals surface area contributed by atoms with Crippen molar-refractivity contribution in [3.05, 3.63) is 59.6 Å². The summed E-state index contributed by atoms with van der Waals surface area (Å²) >= 11 is 1.33. The van der Waals surface area contributed by atoms with Crippen LogP contribution in [0.1, 0.15) is 10.5 Å². The molecule has 0 aliphatic rings. The molecule has 0 bridgehead atoms. The van der Waals surface area contributed by atoms with E-state index in [4.69, 9.17) is 14.2 Å². The van der Waals surface area contributed by atoms with E-state index in [1.54, 1.807) is 33.5 Å². The summed E-state index contributed by atoms with van der Waals surface area (Å²) in [5, 5.41) is 6.05. The lowest BCUT2D eigenvalue weighted by molar-refractivity contribution is 0.102. The number of methoxy groups -OCH3 is 3. The fourth-order valence-corrected chi connectivity index (χ4v) is 3.69. The van der Waals surface area contributed by atoms with Crippen molar-refractivity contribution in [2.75, 3.05) is 26.6 Å². The van der Waals surface area contributed by atoms with E-state index >= 15 is 0 Å². The lowest BCUT2D eigenvalue weighted by atomic mass is 10.1. The van der Waals surface area contributed by atoms with Crippen molar-refractivity contribution >= 4 is 33.3 Å². The van der Waals surface area contributed by atoms with Crippen LogP contribution in [0.25, 0.3) is 22.2 Å². The van der Waals surface area contributed by atoms with E-state index in [1.807, 2.05) is 41.8 Å². The number of carbonyl (C=O) groups excluding carboxylic acids is 1. The van der Waals surface area contributed by atoms with Crippen LogP contribution < -0.4 is 19.5 Å². The quantitative estimate of drug-likeness (QED) is 0.489. The molecule has 0 saturated heterocycles. The van der Waals surface area contributed by atoms with Crippen LogP contribution in [0, 0.1) is 0 Å². The molecule has 4 aromatic rings. The van der Waals surface area contributed by atoms with Gasteiger partial charge in [0.15, 0.2) is 5.13 Å². The number of amides is 1. The number of thiazole rings is 1.